The highest BCUT2D eigenvalue weighted by Gasteiger charge is 2.42. The predicted octanol–water partition coefficient (Wildman–Crippen LogP) is 2.21. The first-order valence-corrected chi connectivity index (χ1v) is 10.5. The Balaban J connectivity index is 1.47. The third-order valence-corrected chi connectivity index (χ3v) is 6.84. The Bertz CT molecular complexity index is 760. The molecule has 2 saturated heterocycles. The van der Waals surface area contributed by atoms with Crippen LogP contribution in [-0.4, -0.2) is 51.9 Å². The zero-order valence-corrected chi connectivity index (χ0v) is 15.6. The van der Waals surface area contributed by atoms with E-state index in [-0.39, 0.29) is 29.8 Å². The van der Waals surface area contributed by atoms with Crippen LogP contribution >= 0.6 is 11.8 Å². The molecule has 0 spiro atoms. The van der Waals surface area contributed by atoms with Gasteiger partial charge in [-0.25, -0.2) is 0 Å². The fraction of sp³-hybridized carbons (Fsp3) is 0.550. The zero-order valence-electron chi connectivity index (χ0n) is 14.8. The second kappa shape index (κ2) is 7.32. The van der Waals surface area contributed by atoms with Crippen molar-refractivity contribution in [3.05, 3.63) is 35.4 Å². The molecule has 1 aromatic carbocycles. The van der Waals surface area contributed by atoms with Crippen molar-refractivity contribution in [3.8, 4) is 6.07 Å². The highest BCUT2D eigenvalue weighted by atomic mass is 32.2. The van der Waals surface area contributed by atoms with Gasteiger partial charge in [0.25, 0.3) is 0 Å². The van der Waals surface area contributed by atoms with E-state index in [4.69, 9.17) is 0 Å². The van der Waals surface area contributed by atoms with Crippen molar-refractivity contribution in [2.75, 3.05) is 18.2 Å². The number of nitrogens with zero attached hydrogens (tertiary/aromatic N) is 3. The summed E-state index contributed by atoms with van der Waals surface area (Å²) in [5.74, 6) is 1.28. The van der Waals surface area contributed by atoms with Crippen molar-refractivity contribution < 1.29 is 9.59 Å². The van der Waals surface area contributed by atoms with Gasteiger partial charge in [0.15, 0.2) is 0 Å². The number of fused-ring (bicyclic) bond motifs is 1. The Morgan fingerprint density at radius 2 is 1.92 bits per heavy atom. The predicted molar refractivity (Wildman–Crippen MR) is 100 cm³/mol. The van der Waals surface area contributed by atoms with Crippen molar-refractivity contribution in [1.82, 2.24) is 9.80 Å². The zero-order chi connectivity index (χ0) is 18.1. The normalized spacial score (nSPS) is 27.9. The molecule has 26 heavy (non-hydrogen) atoms. The minimum atomic E-state index is -0.380. The van der Waals surface area contributed by atoms with Gasteiger partial charge in [0, 0.05) is 18.2 Å². The molecule has 2 amide bonds. The maximum atomic E-state index is 13.2. The van der Waals surface area contributed by atoms with Crippen molar-refractivity contribution in [2.45, 2.75) is 44.2 Å². The number of aryl methyl sites for hydroxylation is 1. The topological polar surface area (TPSA) is 64.4 Å². The van der Waals surface area contributed by atoms with Gasteiger partial charge in [0.2, 0.25) is 11.8 Å². The molecule has 6 heteroatoms. The highest BCUT2D eigenvalue weighted by molar-refractivity contribution is 7.99. The summed E-state index contributed by atoms with van der Waals surface area (Å²) in [4.78, 5) is 29.6. The number of hydrogen-bond donors (Lipinski definition) is 0. The van der Waals surface area contributed by atoms with Crippen LogP contribution in [0.3, 0.4) is 0 Å². The summed E-state index contributed by atoms with van der Waals surface area (Å²) in [6.07, 6.45) is 4.13. The summed E-state index contributed by atoms with van der Waals surface area (Å²) in [7, 11) is 0. The molecule has 5 nitrogen and oxygen atoms in total. The Kier molecular flexibility index (Phi) is 4.90. The van der Waals surface area contributed by atoms with Crippen LogP contribution in [0.4, 0.5) is 0 Å². The van der Waals surface area contributed by atoms with E-state index >= 15 is 0 Å². The number of carbonyl (C=O) groups is 2. The van der Waals surface area contributed by atoms with Crippen molar-refractivity contribution in [1.29, 1.82) is 5.26 Å². The summed E-state index contributed by atoms with van der Waals surface area (Å²) in [6.45, 7) is 0.658. The fourth-order valence-electron chi connectivity index (χ4n) is 4.39. The molecule has 0 N–H and O–H groups in total. The summed E-state index contributed by atoms with van der Waals surface area (Å²) in [6, 6.07) is 9.82. The molecule has 2 heterocycles. The standard InChI is InChI=1S/C20H23N3O2S/c21-11-17-12-26-13-23(17)20(25)18-6-3-9-22(18)19(24)16-8-7-14-4-1-2-5-15(14)10-16/h1-2,4-5,16-18H,3,6-10,12-13H2/t16-,17-,18+/m1/s1. The Hall–Kier alpha value is -2.00. The van der Waals surface area contributed by atoms with Gasteiger partial charge in [-0.1, -0.05) is 24.3 Å². The number of benzene rings is 1. The first kappa shape index (κ1) is 17.4. The largest absolute Gasteiger partial charge is 0.330 e. The van der Waals surface area contributed by atoms with Crippen molar-refractivity contribution in [3.63, 3.8) is 0 Å². The molecule has 3 atom stereocenters. The summed E-state index contributed by atoms with van der Waals surface area (Å²) in [5.41, 5.74) is 2.61. The SMILES string of the molecule is N#C[C@@H]1CSCN1C(=O)[C@@H]1CCCN1C(=O)[C@@H]1CCc2ccccc2C1. The molecule has 0 saturated carbocycles. The van der Waals surface area contributed by atoms with Crippen LogP contribution in [0.5, 0.6) is 0 Å². The van der Waals surface area contributed by atoms with Gasteiger partial charge in [-0.3, -0.25) is 9.59 Å². The number of hydrogen-bond acceptors (Lipinski definition) is 4. The van der Waals surface area contributed by atoms with E-state index in [1.165, 1.54) is 11.1 Å². The highest BCUT2D eigenvalue weighted by Crippen LogP contribution is 2.31. The molecule has 3 aliphatic rings. The lowest BCUT2D eigenvalue weighted by Crippen LogP contribution is -2.51. The molecule has 0 radical (unpaired) electrons. The van der Waals surface area contributed by atoms with Crippen LogP contribution in [0, 0.1) is 17.2 Å². The second-order valence-corrected chi connectivity index (χ2v) is 8.35. The molecule has 1 aliphatic carbocycles. The number of likely N-dealkylation sites (tertiary alicyclic amines) is 1. The number of thioether (sulfide) groups is 1. The molecule has 4 rings (SSSR count). The molecular weight excluding hydrogens is 346 g/mol. The molecule has 2 fully saturated rings. The average Bonchev–Trinajstić information content (AvgIpc) is 3.35. The first-order chi connectivity index (χ1) is 12.7. The lowest BCUT2D eigenvalue weighted by atomic mass is 9.83. The van der Waals surface area contributed by atoms with Crippen LogP contribution in [0.25, 0.3) is 0 Å². The second-order valence-electron chi connectivity index (χ2n) is 7.35. The molecule has 0 bridgehead atoms. The lowest BCUT2D eigenvalue weighted by molar-refractivity contribution is -0.146. The van der Waals surface area contributed by atoms with Gasteiger partial charge in [-0.05, 0) is 43.2 Å². The summed E-state index contributed by atoms with van der Waals surface area (Å²) >= 11 is 1.61. The quantitative estimate of drug-likeness (QED) is 0.802. The molecule has 0 aromatic heterocycles. The molecule has 136 valence electrons. The molecular formula is C20H23N3O2S. The van der Waals surface area contributed by atoms with Crippen molar-refractivity contribution in [2.24, 2.45) is 5.92 Å². The first-order valence-electron chi connectivity index (χ1n) is 9.34. The van der Waals surface area contributed by atoms with Crippen LogP contribution in [0.2, 0.25) is 0 Å². The van der Waals surface area contributed by atoms with Gasteiger partial charge in [0.05, 0.1) is 11.9 Å². The van der Waals surface area contributed by atoms with Gasteiger partial charge in [-0.15, -0.1) is 11.8 Å². The van der Waals surface area contributed by atoms with Crippen LogP contribution < -0.4 is 0 Å². The Labute approximate surface area is 158 Å². The maximum absolute atomic E-state index is 13.2. The smallest absolute Gasteiger partial charge is 0.247 e. The van der Waals surface area contributed by atoms with Gasteiger partial charge in [-0.2, -0.15) is 5.26 Å². The van der Waals surface area contributed by atoms with Gasteiger partial charge < -0.3 is 9.80 Å². The third kappa shape index (κ3) is 3.09. The van der Waals surface area contributed by atoms with Crippen molar-refractivity contribution >= 4 is 23.6 Å². The number of nitriles is 1. The van der Waals surface area contributed by atoms with E-state index in [1.807, 2.05) is 6.07 Å². The van der Waals surface area contributed by atoms with Crippen LogP contribution in [-0.2, 0) is 22.4 Å². The summed E-state index contributed by atoms with van der Waals surface area (Å²) in [5, 5.41) is 9.26. The monoisotopic (exact) mass is 369 g/mol. The van der Waals surface area contributed by atoms with Crippen LogP contribution in [0.1, 0.15) is 30.4 Å². The van der Waals surface area contributed by atoms with Gasteiger partial charge in [0.1, 0.15) is 12.1 Å². The maximum Gasteiger partial charge on any atom is 0.247 e. The van der Waals surface area contributed by atoms with Gasteiger partial charge >= 0.3 is 0 Å². The lowest BCUT2D eigenvalue weighted by Gasteiger charge is -2.33. The van der Waals surface area contributed by atoms with E-state index in [9.17, 15) is 14.9 Å². The Morgan fingerprint density at radius 1 is 1.12 bits per heavy atom. The minimum Gasteiger partial charge on any atom is -0.330 e. The summed E-state index contributed by atoms with van der Waals surface area (Å²) < 4.78 is 0. The minimum absolute atomic E-state index is 0.0296. The van der Waals surface area contributed by atoms with E-state index < -0.39 is 0 Å². The number of amides is 2. The van der Waals surface area contributed by atoms with E-state index in [2.05, 4.69) is 24.3 Å². The van der Waals surface area contributed by atoms with E-state index in [1.54, 1.807) is 21.6 Å². The molecule has 1 aromatic rings. The third-order valence-electron chi connectivity index (χ3n) is 5.83. The number of carbonyl (C=O) groups excluding carboxylic acids is 2. The average molecular weight is 369 g/mol. The number of rotatable bonds is 2. The van der Waals surface area contributed by atoms with E-state index in [0.717, 1.165) is 25.7 Å². The Morgan fingerprint density at radius 3 is 2.73 bits per heavy atom. The van der Waals surface area contributed by atoms with E-state index in [0.29, 0.717) is 24.6 Å². The van der Waals surface area contributed by atoms with Crippen LogP contribution in [0.15, 0.2) is 24.3 Å². The molecule has 2 aliphatic heterocycles. The molecule has 0 unspecified atom stereocenters. The fourth-order valence-corrected chi connectivity index (χ4v) is 5.48.